The third kappa shape index (κ3) is 7.94. The van der Waals surface area contributed by atoms with Gasteiger partial charge in [0.05, 0.1) is 53.7 Å². The van der Waals surface area contributed by atoms with Crippen molar-refractivity contribution in [1.82, 2.24) is 0 Å². The molecule has 5 aliphatic heterocycles. The van der Waals surface area contributed by atoms with Gasteiger partial charge in [0.15, 0.2) is 5.79 Å². The summed E-state index contributed by atoms with van der Waals surface area (Å²) < 4.78 is 33.5. The van der Waals surface area contributed by atoms with Crippen molar-refractivity contribution in [1.29, 1.82) is 0 Å². The van der Waals surface area contributed by atoms with Gasteiger partial charge in [0.1, 0.15) is 11.9 Å². The summed E-state index contributed by atoms with van der Waals surface area (Å²) in [6.45, 7) is 19.6. The lowest BCUT2D eigenvalue weighted by Gasteiger charge is -2.54. The van der Waals surface area contributed by atoms with Gasteiger partial charge in [-0.05, 0) is 95.6 Å². The van der Waals surface area contributed by atoms with Crippen molar-refractivity contribution in [3.05, 3.63) is 12.2 Å². The fraction of sp³-hybridized carbons (Fsp3) is 0.905. The maximum absolute atomic E-state index is 14.4. The summed E-state index contributed by atoms with van der Waals surface area (Å²) in [5.74, 6) is -5.78. The summed E-state index contributed by atoms with van der Waals surface area (Å²) in [5.41, 5.74) is -1.63. The lowest BCUT2D eigenvalue weighted by molar-refractivity contribution is -0.409. The van der Waals surface area contributed by atoms with Crippen LogP contribution in [0.1, 0.15) is 133 Å². The second-order valence-electron chi connectivity index (χ2n) is 17.9. The summed E-state index contributed by atoms with van der Waals surface area (Å²) in [6, 6.07) is 0. The number of hydrogen-bond acceptors (Lipinski definition) is 10. The van der Waals surface area contributed by atoms with E-state index in [1.165, 1.54) is 0 Å². The molecule has 304 valence electrons. The van der Waals surface area contributed by atoms with Gasteiger partial charge in [-0.3, -0.25) is 9.59 Å². The molecule has 5 heterocycles. The Morgan fingerprint density at radius 2 is 1.57 bits per heavy atom. The molecule has 0 aliphatic carbocycles. The molecule has 4 N–H and O–H groups in total. The fourth-order valence-electron chi connectivity index (χ4n) is 10.5. The molecule has 0 bridgehead atoms. The summed E-state index contributed by atoms with van der Waals surface area (Å²) in [6.07, 6.45) is 5.51. The zero-order valence-corrected chi connectivity index (χ0v) is 34.0. The minimum Gasteiger partial charge on any atom is -0.481 e. The first-order valence-corrected chi connectivity index (χ1v) is 20.7. The molecule has 11 nitrogen and oxygen atoms in total. The van der Waals surface area contributed by atoms with E-state index in [0.29, 0.717) is 57.8 Å². The monoisotopic (exact) mass is 750 g/mol. The van der Waals surface area contributed by atoms with Crippen LogP contribution >= 0.6 is 0 Å². The van der Waals surface area contributed by atoms with Gasteiger partial charge in [0.2, 0.25) is 5.79 Å². The molecule has 18 atom stereocenters. The lowest BCUT2D eigenvalue weighted by Crippen LogP contribution is -2.63. The number of ether oxygens (including phenoxy) is 5. The summed E-state index contributed by atoms with van der Waals surface area (Å²) in [4.78, 5) is 26.4. The molecular weight excluding hydrogens is 680 g/mol. The van der Waals surface area contributed by atoms with E-state index >= 15 is 0 Å². The maximum Gasteiger partial charge on any atom is 0.309 e. The van der Waals surface area contributed by atoms with E-state index in [-0.39, 0.29) is 41.8 Å². The third-order valence-corrected chi connectivity index (χ3v) is 14.4. The second-order valence-corrected chi connectivity index (χ2v) is 17.9. The van der Waals surface area contributed by atoms with Crippen molar-refractivity contribution in [3.8, 4) is 0 Å². The summed E-state index contributed by atoms with van der Waals surface area (Å²) >= 11 is 0. The van der Waals surface area contributed by atoms with Gasteiger partial charge < -0.3 is 44.1 Å². The number of carbonyl (C=O) groups is 2. The number of Topliss-reactive ketones (excluding diaryl/α,β-unsaturated/α-hetero) is 1. The molecule has 4 fully saturated rings. The van der Waals surface area contributed by atoms with Gasteiger partial charge in [-0.1, -0.05) is 55.4 Å². The van der Waals surface area contributed by atoms with Crippen molar-refractivity contribution in [2.75, 3.05) is 0 Å². The molecule has 0 aromatic rings. The molecule has 5 rings (SSSR count). The van der Waals surface area contributed by atoms with Crippen LogP contribution in [0.3, 0.4) is 0 Å². The number of carboxylic acids is 1. The zero-order valence-electron chi connectivity index (χ0n) is 34.0. The Morgan fingerprint density at radius 3 is 2.17 bits per heavy atom. The molecule has 53 heavy (non-hydrogen) atoms. The average molecular weight is 751 g/mol. The van der Waals surface area contributed by atoms with E-state index in [1.54, 1.807) is 19.1 Å². The molecular formula is C42H70O11. The topological polar surface area (TPSA) is 161 Å². The van der Waals surface area contributed by atoms with E-state index in [4.69, 9.17) is 23.7 Å². The highest BCUT2D eigenvalue weighted by Crippen LogP contribution is 2.54. The van der Waals surface area contributed by atoms with Gasteiger partial charge in [0.25, 0.3) is 0 Å². The van der Waals surface area contributed by atoms with E-state index in [1.807, 2.05) is 41.5 Å². The zero-order chi connectivity index (χ0) is 39.3. The molecule has 11 heteroatoms. The van der Waals surface area contributed by atoms with Crippen molar-refractivity contribution >= 4 is 11.8 Å². The Morgan fingerprint density at radius 1 is 0.887 bits per heavy atom. The van der Waals surface area contributed by atoms with Crippen LogP contribution in [0.5, 0.6) is 0 Å². The quantitative estimate of drug-likeness (QED) is 0.169. The molecule has 0 unspecified atom stereocenters. The average Bonchev–Trinajstić information content (AvgIpc) is 3.47. The van der Waals surface area contributed by atoms with Gasteiger partial charge in [-0.2, -0.15) is 0 Å². The number of rotatable bonds is 12. The molecule has 0 radical (unpaired) electrons. The third-order valence-electron chi connectivity index (χ3n) is 14.4. The van der Waals surface area contributed by atoms with Crippen molar-refractivity contribution < 1.29 is 53.7 Å². The number of aliphatic hydroxyl groups is 3. The molecule has 2 spiro atoms. The van der Waals surface area contributed by atoms with Crippen LogP contribution in [0.15, 0.2) is 12.2 Å². The van der Waals surface area contributed by atoms with Gasteiger partial charge >= 0.3 is 5.97 Å². The van der Waals surface area contributed by atoms with Crippen LogP contribution < -0.4 is 0 Å². The van der Waals surface area contributed by atoms with Crippen LogP contribution in [0, 0.1) is 41.4 Å². The van der Waals surface area contributed by atoms with E-state index < -0.39 is 76.8 Å². The number of carboxylic acid groups (broad SMARTS) is 1. The summed E-state index contributed by atoms with van der Waals surface area (Å²) in [7, 11) is 0. The van der Waals surface area contributed by atoms with Crippen LogP contribution in [0.2, 0.25) is 0 Å². The molecule has 0 amide bonds. The van der Waals surface area contributed by atoms with Crippen LogP contribution in [-0.4, -0.2) is 97.7 Å². The Labute approximate surface area is 317 Å². The first-order chi connectivity index (χ1) is 24.8. The van der Waals surface area contributed by atoms with Crippen LogP contribution in [-0.2, 0) is 33.3 Å². The second kappa shape index (κ2) is 16.2. The number of aliphatic hydroxyl groups excluding tert-OH is 2. The largest absolute Gasteiger partial charge is 0.481 e. The first-order valence-electron chi connectivity index (χ1n) is 20.7. The number of ketones is 1. The molecule has 0 aromatic carbocycles. The fourth-order valence-corrected chi connectivity index (χ4v) is 10.5. The molecule has 4 saturated heterocycles. The highest BCUT2D eigenvalue weighted by atomic mass is 16.8. The number of aliphatic carboxylic acids is 1. The standard InChI is InChI=1S/C42H70O11/c1-11-29(38(46)47)31-15-14-23(4)36(50-31)27(8)34(44)26(7)35(45)30(12-2)37-24(5)22-25(6)41(51-37)19-16-32(43)42(53-41)21-20-39(10,52-42)33-17-18-40(48,13-3)28(9)49-33/h16,19,23-34,36-37,43-44,48H,11-15,17-18,20-22H2,1-10H3,(H,46,47)/t23-,24-,25+,26-,27-,28-,29+,30-,31+,32+,33+,34+,36+,37+,39-,40+,41+,42-/m0/s1. The Bertz CT molecular complexity index is 1320. The molecule has 0 saturated carbocycles. The highest BCUT2D eigenvalue weighted by molar-refractivity contribution is 5.84. The Kier molecular flexibility index (Phi) is 13.0. The summed E-state index contributed by atoms with van der Waals surface area (Å²) in [5, 5.41) is 44.0. The van der Waals surface area contributed by atoms with Gasteiger partial charge in [-0.15, -0.1) is 0 Å². The molecule has 5 aliphatic rings. The number of hydrogen-bond donors (Lipinski definition) is 4. The van der Waals surface area contributed by atoms with E-state index in [2.05, 4.69) is 20.8 Å². The van der Waals surface area contributed by atoms with E-state index in [0.717, 1.165) is 6.42 Å². The predicted octanol–water partition coefficient (Wildman–Crippen LogP) is 6.19. The smallest absolute Gasteiger partial charge is 0.309 e. The lowest BCUT2D eigenvalue weighted by atomic mass is 9.72. The van der Waals surface area contributed by atoms with E-state index in [9.17, 15) is 30.0 Å². The minimum atomic E-state index is -1.37. The predicted molar refractivity (Wildman–Crippen MR) is 199 cm³/mol. The maximum atomic E-state index is 14.4. The number of carbonyl (C=O) groups excluding carboxylic acids is 1. The van der Waals surface area contributed by atoms with Crippen molar-refractivity contribution in [3.63, 3.8) is 0 Å². The Hall–Kier alpha value is -1.44. The minimum absolute atomic E-state index is 0.0137. The normalized spacial score (nSPS) is 46.2. The molecule has 0 aromatic heterocycles. The van der Waals surface area contributed by atoms with Crippen LogP contribution in [0.25, 0.3) is 0 Å². The Balaban J connectivity index is 1.31. The first kappa shape index (κ1) is 42.7. The van der Waals surface area contributed by atoms with Gasteiger partial charge in [-0.25, -0.2) is 0 Å². The van der Waals surface area contributed by atoms with Crippen molar-refractivity contribution in [2.24, 2.45) is 41.4 Å². The highest BCUT2D eigenvalue weighted by Gasteiger charge is 2.63. The van der Waals surface area contributed by atoms with Crippen LogP contribution in [0.4, 0.5) is 0 Å². The SMILES string of the molecule is CC[C@@H](C(=O)[C@@H](C)[C@@H](O)[C@H](C)[C@@H]1O[C@@H]([C@@H](CC)C(=O)O)CC[C@@H]1C)[C@@H]1O[C@@]2(C=C[C@@H](O)[C@]3(CC[C@@](C)([C@H]4CC[C@](O)(CC)[C@H](C)O4)O3)O2)[C@H](C)C[C@@H]1C. The van der Waals surface area contributed by atoms with Gasteiger partial charge in [0, 0.05) is 30.1 Å². The van der Waals surface area contributed by atoms with Crippen molar-refractivity contribution in [2.45, 2.75) is 199 Å².